The minimum absolute atomic E-state index is 0.337. The van der Waals surface area contributed by atoms with Gasteiger partial charge in [0.15, 0.2) is 0 Å². The molecule has 6 nitrogen and oxygen atoms in total. The van der Waals surface area contributed by atoms with Crippen LogP contribution in [0, 0.1) is 0 Å². The molecule has 1 heterocycles. The van der Waals surface area contributed by atoms with Crippen molar-refractivity contribution < 1.29 is 14.7 Å². The summed E-state index contributed by atoms with van der Waals surface area (Å²) in [6, 6.07) is 18.1. The summed E-state index contributed by atoms with van der Waals surface area (Å²) in [4.78, 5) is 22.9. The highest BCUT2D eigenvalue weighted by Gasteiger charge is 2.46. The van der Waals surface area contributed by atoms with Gasteiger partial charge >= 0.3 is 6.09 Å². The van der Waals surface area contributed by atoms with Gasteiger partial charge in [0.2, 0.25) is 0 Å². The molecule has 122 valence electrons. The molecule has 6 heteroatoms. The Hall–Kier alpha value is -3.15. The smallest absolute Gasteiger partial charge is 0.405 e. The van der Waals surface area contributed by atoms with Gasteiger partial charge in [-0.05, 0) is 6.92 Å². The van der Waals surface area contributed by atoms with Crippen molar-refractivity contribution in [3.05, 3.63) is 71.8 Å². The van der Waals surface area contributed by atoms with Crippen molar-refractivity contribution in [3.8, 4) is 0 Å². The van der Waals surface area contributed by atoms with Crippen molar-refractivity contribution in [1.29, 1.82) is 0 Å². The molecule has 0 aromatic heterocycles. The van der Waals surface area contributed by atoms with Crippen molar-refractivity contribution in [1.82, 2.24) is 10.3 Å². The van der Waals surface area contributed by atoms with Gasteiger partial charge in [-0.2, -0.15) is 5.10 Å². The number of carbonyl (C=O) groups excluding carboxylic acids is 1. The summed E-state index contributed by atoms with van der Waals surface area (Å²) in [5.41, 5.74) is 2.45. The minimum atomic E-state index is -1.21. The maximum absolute atomic E-state index is 12.2. The van der Waals surface area contributed by atoms with E-state index < -0.39 is 12.1 Å². The maximum atomic E-state index is 12.2. The highest BCUT2D eigenvalue weighted by molar-refractivity contribution is 6.13. The number of amides is 2. The molecule has 0 bridgehead atoms. The second-order valence-corrected chi connectivity index (χ2v) is 5.53. The summed E-state index contributed by atoms with van der Waals surface area (Å²) in [5, 5.41) is 16.8. The molecule has 2 aromatic carbocycles. The lowest BCUT2D eigenvalue weighted by Gasteiger charge is -2.41. The van der Waals surface area contributed by atoms with Crippen LogP contribution in [0.4, 0.5) is 4.79 Å². The molecular formula is C18H17N3O3. The zero-order valence-electron chi connectivity index (χ0n) is 13.1. The summed E-state index contributed by atoms with van der Waals surface area (Å²) in [5.74, 6) is -0.353. The fraction of sp³-hybridized carbons (Fsp3) is 0.167. The topological polar surface area (TPSA) is 82.0 Å². The third-order valence-electron chi connectivity index (χ3n) is 3.94. The number of β-lactam (4-membered cyclic amide) rings is 1. The van der Waals surface area contributed by atoms with E-state index in [1.807, 2.05) is 60.7 Å². The molecule has 2 unspecified atom stereocenters. The summed E-state index contributed by atoms with van der Waals surface area (Å²) >= 11 is 0. The highest BCUT2D eigenvalue weighted by Crippen LogP contribution is 2.22. The van der Waals surface area contributed by atoms with Gasteiger partial charge in [0.1, 0.15) is 6.04 Å². The quantitative estimate of drug-likeness (QED) is 0.669. The predicted octanol–water partition coefficient (Wildman–Crippen LogP) is 2.31. The zero-order valence-corrected chi connectivity index (χ0v) is 13.1. The van der Waals surface area contributed by atoms with Crippen LogP contribution in [-0.4, -0.2) is 39.9 Å². The number of nitrogens with one attached hydrogen (secondary N) is 1. The Morgan fingerprint density at radius 2 is 1.54 bits per heavy atom. The van der Waals surface area contributed by atoms with E-state index in [0.29, 0.717) is 5.71 Å². The Labute approximate surface area is 139 Å². The van der Waals surface area contributed by atoms with Gasteiger partial charge in [-0.1, -0.05) is 60.7 Å². The second kappa shape index (κ2) is 6.54. The monoisotopic (exact) mass is 323 g/mol. The highest BCUT2D eigenvalue weighted by atomic mass is 16.4. The molecule has 2 amide bonds. The second-order valence-electron chi connectivity index (χ2n) is 5.53. The third-order valence-corrected chi connectivity index (χ3v) is 3.94. The van der Waals surface area contributed by atoms with Crippen molar-refractivity contribution in [2.75, 3.05) is 0 Å². The van der Waals surface area contributed by atoms with E-state index >= 15 is 0 Å². The zero-order chi connectivity index (χ0) is 17.1. The normalized spacial score (nSPS) is 19.4. The molecule has 1 saturated heterocycles. The van der Waals surface area contributed by atoms with Crippen LogP contribution in [-0.2, 0) is 4.79 Å². The summed E-state index contributed by atoms with van der Waals surface area (Å²) in [7, 11) is 0. The lowest BCUT2D eigenvalue weighted by molar-refractivity contribution is -0.149. The van der Waals surface area contributed by atoms with Crippen LogP contribution in [0.3, 0.4) is 0 Å². The van der Waals surface area contributed by atoms with Crippen molar-refractivity contribution in [2.45, 2.75) is 19.0 Å². The van der Waals surface area contributed by atoms with Gasteiger partial charge in [0.25, 0.3) is 5.91 Å². The summed E-state index contributed by atoms with van der Waals surface area (Å²) in [6.45, 7) is 1.76. The fourth-order valence-corrected chi connectivity index (χ4v) is 2.65. The van der Waals surface area contributed by atoms with E-state index in [1.165, 1.54) is 5.01 Å². The van der Waals surface area contributed by atoms with E-state index in [4.69, 9.17) is 5.11 Å². The van der Waals surface area contributed by atoms with Crippen molar-refractivity contribution in [2.24, 2.45) is 5.10 Å². The van der Waals surface area contributed by atoms with E-state index in [-0.39, 0.29) is 11.9 Å². The third kappa shape index (κ3) is 2.99. The number of benzene rings is 2. The average Bonchev–Trinajstić information content (AvgIpc) is 2.61. The number of carboxylic acid groups (broad SMARTS) is 1. The number of hydrogen-bond acceptors (Lipinski definition) is 3. The van der Waals surface area contributed by atoms with Crippen LogP contribution in [0.15, 0.2) is 65.8 Å². The van der Waals surface area contributed by atoms with Crippen molar-refractivity contribution in [3.63, 3.8) is 0 Å². The van der Waals surface area contributed by atoms with Crippen LogP contribution in [0.1, 0.15) is 18.1 Å². The van der Waals surface area contributed by atoms with Crippen LogP contribution >= 0.6 is 0 Å². The van der Waals surface area contributed by atoms with Crippen LogP contribution < -0.4 is 5.32 Å². The standard InChI is InChI=1S/C18H17N3O3/c1-12-15(19-18(23)24)17(22)21(12)20-16(13-8-4-2-5-9-13)14-10-6-3-7-11-14/h2-12,15,19H,1H3,(H,23,24). The van der Waals surface area contributed by atoms with E-state index in [1.54, 1.807) is 6.92 Å². The lowest BCUT2D eigenvalue weighted by Crippen LogP contribution is -2.67. The average molecular weight is 323 g/mol. The first-order valence-electron chi connectivity index (χ1n) is 7.60. The molecular weight excluding hydrogens is 306 g/mol. The number of nitrogens with zero attached hydrogens (tertiary/aromatic N) is 2. The minimum Gasteiger partial charge on any atom is -0.465 e. The molecule has 24 heavy (non-hydrogen) atoms. The fourth-order valence-electron chi connectivity index (χ4n) is 2.65. The Balaban J connectivity index is 1.94. The first-order chi connectivity index (χ1) is 11.6. The van der Waals surface area contributed by atoms with Crippen LogP contribution in [0.2, 0.25) is 0 Å². The predicted molar refractivity (Wildman–Crippen MR) is 89.8 cm³/mol. The molecule has 1 aliphatic rings. The molecule has 0 radical (unpaired) electrons. The first-order valence-corrected chi connectivity index (χ1v) is 7.60. The lowest BCUT2D eigenvalue weighted by atomic mass is 9.99. The van der Waals surface area contributed by atoms with Gasteiger partial charge in [-0.25, -0.2) is 9.80 Å². The van der Waals surface area contributed by atoms with Gasteiger partial charge in [0.05, 0.1) is 11.8 Å². The summed E-state index contributed by atoms with van der Waals surface area (Å²) < 4.78 is 0. The summed E-state index contributed by atoms with van der Waals surface area (Å²) in [6.07, 6.45) is -1.21. The Bertz CT molecular complexity index is 733. The van der Waals surface area contributed by atoms with E-state index in [0.717, 1.165) is 11.1 Å². The number of hydrogen-bond donors (Lipinski definition) is 2. The van der Waals surface area contributed by atoms with Gasteiger partial charge in [0, 0.05) is 11.1 Å². The Morgan fingerprint density at radius 1 is 1.04 bits per heavy atom. The molecule has 2 atom stereocenters. The van der Waals surface area contributed by atoms with Crippen LogP contribution in [0.5, 0.6) is 0 Å². The molecule has 2 aromatic rings. The Kier molecular flexibility index (Phi) is 4.29. The van der Waals surface area contributed by atoms with Crippen LogP contribution in [0.25, 0.3) is 0 Å². The Morgan fingerprint density at radius 3 is 1.96 bits per heavy atom. The molecule has 3 rings (SSSR count). The molecule has 1 aliphatic heterocycles. The number of hydrazone groups is 1. The molecule has 0 saturated carbocycles. The van der Waals surface area contributed by atoms with Gasteiger partial charge in [-0.3, -0.25) is 4.79 Å². The first kappa shape index (κ1) is 15.7. The number of carbonyl (C=O) groups is 2. The van der Waals surface area contributed by atoms with E-state index in [9.17, 15) is 9.59 Å². The molecule has 0 aliphatic carbocycles. The van der Waals surface area contributed by atoms with Gasteiger partial charge < -0.3 is 10.4 Å². The molecule has 0 spiro atoms. The maximum Gasteiger partial charge on any atom is 0.405 e. The SMILES string of the molecule is CC1C(NC(=O)O)C(=O)N1N=C(c1ccccc1)c1ccccc1. The van der Waals surface area contributed by atoms with Crippen molar-refractivity contribution >= 4 is 17.7 Å². The largest absolute Gasteiger partial charge is 0.465 e. The molecule has 2 N–H and O–H groups in total. The molecule has 1 fully saturated rings. The number of rotatable bonds is 4. The van der Waals surface area contributed by atoms with E-state index in [2.05, 4.69) is 10.4 Å². The van der Waals surface area contributed by atoms with Gasteiger partial charge in [-0.15, -0.1) is 0 Å².